The van der Waals surface area contributed by atoms with E-state index >= 15 is 0 Å². The molecule has 1 saturated heterocycles. The van der Waals surface area contributed by atoms with Gasteiger partial charge in [-0.3, -0.25) is 9.59 Å². The predicted octanol–water partition coefficient (Wildman–Crippen LogP) is 1.11. The molecule has 0 saturated carbocycles. The predicted molar refractivity (Wildman–Crippen MR) is 68.7 cm³/mol. The molecule has 0 aliphatic carbocycles. The van der Waals surface area contributed by atoms with Crippen LogP contribution in [0.5, 0.6) is 5.75 Å². The van der Waals surface area contributed by atoms with Crippen molar-refractivity contribution in [3.8, 4) is 5.75 Å². The molecule has 2 rings (SSSR count). The van der Waals surface area contributed by atoms with E-state index in [0.29, 0.717) is 6.54 Å². The topological polar surface area (TPSA) is 77.8 Å². The van der Waals surface area contributed by atoms with Crippen molar-refractivity contribution >= 4 is 11.9 Å². The number of aromatic hydroxyl groups is 1. The molecule has 1 fully saturated rings. The lowest BCUT2D eigenvalue weighted by Gasteiger charge is -2.15. The first-order valence-electron chi connectivity index (χ1n) is 6.26. The highest BCUT2D eigenvalue weighted by molar-refractivity contribution is 5.81. The summed E-state index contributed by atoms with van der Waals surface area (Å²) >= 11 is 0. The fourth-order valence-electron chi connectivity index (χ4n) is 2.44. The van der Waals surface area contributed by atoms with E-state index in [0.717, 1.165) is 5.56 Å². The second-order valence-electron chi connectivity index (χ2n) is 5.07. The Morgan fingerprint density at radius 2 is 2.11 bits per heavy atom. The number of hydrogen-bond donors (Lipinski definition) is 2. The minimum absolute atomic E-state index is 0.0226. The third-order valence-electron chi connectivity index (χ3n) is 3.55. The zero-order valence-electron chi connectivity index (χ0n) is 10.7. The Bertz CT molecular complexity index is 500. The van der Waals surface area contributed by atoms with Gasteiger partial charge in [-0.15, -0.1) is 0 Å². The smallest absolute Gasteiger partial charge is 0.308 e. The average molecular weight is 263 g/mol. The lowest BCUT2D eigenvalue weighted by atomic mass is 9.99. The van der Waals surface area contributed by atoms with Crippen molar-refractivity contribution in [2.75, 3.05) is 13.1 Å². The van der Waals surface area contributed by atoms with Gasteiger partial charge in [0.25, 0.3) is 0 Å². The average Bonchev–Trinajstić information content (AvgIpc) is 2.71. The van der Waals surface area contributed by atoms with Gasteiger partial charge in [0.2, 0.25) is 5.91 Å². The number of hydrogen-bond acceptors (Lipinski definition) is 3. The molecule has 5 heteroatoms. The Morgan fingerprint density at radius 3 is 2.68 bits per heavy atom. The zero-order valence-corrected chi connectivity index (χ0v) is 10.7. The molecule has 1 heterocycles. The van der Waals surface area contributed by atoms with Gasteiger partial charge in [-0.2, -0.15) is 0 Å². The summed E-state index contributed by atoms with van der Waals surface area (Å²) in [5.74, 6) is -1.32. The van der Waals surface area contributed by atoms with Gasteiger partial charge >= 0.3 is 5.97 Å². The summed E-state index contributed by atoms with van der Waals surface area (Å²) in [6, 6.07) is 6.55. The van der Waals surface area contributed by atoms with Crippen LogP contribution in [-0.2, 0) is 16.0 Å². The number of likely N-dealkylation sites (tertiary alicyclic amines) is 1. The maximum absolute atomic E-state index is 12.1. The van der Waals surface area contributed by atoms with Crippen LogP contribution in [0.1, 0.15) is 12.5 Å². The van der Waals surface area contributed by atoms with Crippen LogP contribution >= 0.6 is 0 Å². The van der Waals surface area contributed by atoms with Crippen molar-refractivity contribution in [3.63, 3.8) is 0 Å². The van der Waals surface area contributed by atoms with E-state index in [1.165, 1.54) is 0 Å². The number of aliphatic carboxylic acids is 1. The fourth-order valence-corrected chi connectivity index (χ4v) is 2.44. The van der Waals surface area contributed by atoms with E-state index in [-0.39, 0.29) is 30.5 Å². The Balaban J connectivity index is 2.00. The summed E-state index contributed by atoms with van der Waals surface area (Å²) in [5, 5.41) is 18.4. The highest BCUT2D eigenvalue weighted by Gasteiger charge is 2.36. The van der Waals surface area contributed by atoms with E-state index in [1.54, 1.807) is 29.2 Å². The molecule has 0 unspecified atom stereocenters. The first-order chi connectivity index (χ1) is 8.97. The second kappa shape index (κ2) is 5.30. The number of carboxylic acids is 1. The normalized spacial score (nSPS) is 22.5. The van der Waals surface area contributed by atoms with Gasteiger partial charge in [0.15, 0.2) is 0 Å². The molecule has 0 bridgehead atoms. The van der Waals surface area contributed by atoms with Gasteiger partial charge < -0.3 is 15.1 Å². The second-order valence-corrected chi connectivity index (χ2v) is 5.07. The van der Waals surface area contributed by atoms with Gasteiger partial charge in [-0.05, 0) is 23.6 Å². The maximum atomic E-state index is 12.1. The largest absolute Gasteiger partial charge is 0.508 e. The van der Waals surface area contributed by atoms with E-state index < -0.39 is 11.9 Å². The van der Waals surface area contributed by atoms with Gasteiger partial charge in [0, 0.05) is 13.1 Å². The van der Waals surface area contributed by atoms with Crippen molar-refractivity contribution in [3.05, 3.63) is 29.8 Å². The quantitative estimate of drug-likeness (QED) is 0.856. The Kier molecular flexibility index (Phi) is 3.74. The van der Waals surface area contributed by atoms with Crippen molar-refractivity contribution in [2.45, 2.75) is 13.3 Å². The van der Waals surface area contributed by atoms with Crippen molar-refractivity contribution in [1.29, 1.82) is 0 Å². The third kappa shape index (κ3) is 3.05. The lowest BCUT2D eigenvalue weighted by molar-refractivity contribution is -0.142. The van der Waals surface area contributed by atoms with Crippen molar-refractivity contribution in [2.24, 2.45) is 11.8 Å². The van der Waals surface area contributed by atoms with E-state index in [2.05, 4.69) is 0 Å². The van der Waals surface area contributed by atoms with Gasteiger partial charge in [0.05, 0.1) is 12.3 Å². The number of carbonyl (C=O) groups is 2. The van der Waals surface area contributed by atoms with Crippen LogP contribution < -0.4 is 0 Å². The molecule has 2 N–H and O–H groups in total. The Labute approximate surface area is 111 Å². The van der Waals surface area contributed by atoms with E-state index in [9.17, 15) is 14.7 Å². The van der Waals surface area contributed by atoms with Gasteiger partial charge in [0.1, 0.15) is 5.75 Å². The molecular formula is C14H17NO4. The minimum atomic E-state index is -0.847. The highest BCUT2D eigenvalue weighted by atomic mass is 16.4. The van der Waals surface area contributed by atoms with Crippen molar-refractivity contribution < 1.29 is 19.8 Å². The molecule has 1 amide bonds. The van der Waals surface area contributed by atoms with Crippen LogP contribution in [0.3, 0.4) is 0 Å². The van der Waals surface area contributed by atoms with Gasteiger partial charge in [-0.1, -0.05) is 19.1 Å². The number of phenolic OH excluding ortho intramolecular Hbond substituents is 1. The molecule has 1 aliphatic rings. The SMILES string of the molecule is C[C@@H]1CN(C(=O)Cc2cccc(O)c2)C[C@H]1C(=O)O. The Morgan fingerprint density at radius 1 is 1.37 bits per heavy atom. The number of carbonyl (C=O) groups excluding carboxylic acids is 1. The molecule has 2 atom stereocenters. The summed E-state index contributed by atoms with van der Waals surface area (Å²) < 4.78 is 0. The number of nitrogens with zero attached hydrogens (tertiary/aromatic N) is 1. The summed E-state index contributed by atoms with van der Waals surface area (Å²) in [4.78, 5) is 24.7. The summed E-state index contributed by atoms with van der Waals surface area (Å²) in [5.41, 5.74) is 0.733. The minimum Gasteiger partial charge on any atom is -0.508 e. The maximum Gasteiger partial charge on any atom is 0.308 e. The molecule has 5 nitrogen and oxygen atoms in total. The molecule has 19 heavy (non-hydrogen) atoms. The molecule has 0 radical (unpaired) electrons. The Hall–Kier alpha value is -2.04. The van der Waals surface area contributed by atoms with Crippen LogP contribution in [-0.4, -0.2) is 40.1 Å². The zero-order chi connectivity index (χ0) is 14.0. The number of amides is 1. The molecular weight excluding hydrogens is 246 g/mol. The number of rotatable bonds is 3. The standard InChI is InChI=1S/C14H17NO4/c1-9-7-15(8-12(9)14(18)19)13(17)6-10-3-2-4-11(16)5-10/h2-5,9,12,16H,6-8H2,1H3,(H,18,19)/t9-,12-/m1/s1. The van der Waals surface area contributed by atoms with Crippen LogP contribution in [0.25, 0.3) is 0 Å². The molecule has 1 aromatic rings. The van der Waals surface area contributed by atoms with E-state index in [1.807, 2.05) is 6.92 Å². The first-order valence-corrected chi connectivity index (χ1v) is 6.26. The van der Waals surface area contributed by atoms with E-state index in [4.69, 9.17) is 5.11 Å². The van der Waals surface area contributed by atoms with Crippen LogP contribution in [0.2, 0.25) is 0 Å². The molecule has 1 aliphatic heterocycles. The van der Waals surface area contributed by atoms with Crippen LogP contribution in [0.15, 0.2) is 24.3 Å². The number of benzene rings is 1. The molecule has 102 valence electrons. The first kappa shape index (κ1) is 13.4. The third-order valence-corrected chi connectivity index (χ3v) is 3.55. The van der Waals surface area contributed by atoms with Crippen LogP contribution in [0, 0.1) is 11.8 Å². The molecule has 1 aromatic carbocycles. The fraction of sp³-hybridized carbons (Fsp3) is 0.429. The summed E-state index contributed by atoms with van der Waals surface area (Å²) in [7, 11) is 0. The van der Waals surface area contributed by atoms with Crippen LogP contribution in [0.4, 0.5) is 0 Å². The lowest BCUT2D eigenvalue weighted by Crippen LogP contribution is -2.31. The molecule has 0 aromatic heterocycles. The van der Waals surface area contributed by atoms with Crippen molar-refractivity contribution in [1.82, 2.24) is 4.90 Å². The number of carboxylic acid groups (broad SMARTS) is 1. The summed E-state index contributed by atoms with van der Waals surface area (Å²) in [6.07, 6.45) is 0.188. The highest BCUT2D eigenvalue weighted by Crippen LogP contribution is 2.24. The van der Waals surface area contributed by atoms with Gasteiger partial charge in [-0.25, -0.2) is 0 Å². The molecule has 0 spiro atoms. The number of phenols is 1. The monoisotopic (exact) mass is 263 g/mol. The summed E-state index contributed by atoms with van der Waals surface area (Å²) in [6.45, 7) is 2.60.